The summed E-state index contributed by atoms with van der Waals surface area (Å²) in [5.41, 5.74) is 9.35. The number of nitrogens with zero attached hydrogens (tertiary/aromatic N) is 2. The number of fused-ring (bicyclic) bond motifs is 1. The SMILES string of the molecule is Cc1nc(-c2ccc3ncoc3c2)sc1CN. The van der Waals surface area contributed by atoms with E-state index in [0.717, 1.165) is 32.2 Å². The molecule has 0 bridgehead atoms. The van der Waals surface area contributed by atoms with Gasteiger partial charge in [0.15, 0.2) is 12.0 Å². The van der Waals surface area contributed by atoms with Gasteiger partial charge in [0.2, 0.25) is 0 Å². The topological polar surface area (TPSA) is 64.9 Å². The smallest absolute Gasteiger partial charge is 0.181 e. The van der Waals surface area contributed by atoms with Gasteiger partial charge in [-0.15, -0.1) is 11.3 Å². The first-order chi connectivity index (χ1) is 8.28. The maximum Gasteiger partial charge on any atom is 0.181 e. The summed E-state index contributed by atoms with van der Waals surface area (Å²) in [4.78, 5) is 9.73. The van der Waals surface area contributed by atoms with Crippen molar-refractivity contribution < 1.29 is 4.42 Å². The normalized spacial score (nSPS) is 11.2. The highest BCUT2D eigenvalue weighted by atomic mass is 32.1. The summed E-state index contributed by atoms with van der Waals surface area (Å²) in [6.07, 6.45) is 1.45. The fourth-order valence-corrected chi connectivity index (χ4v) is 2.67. The number of benzene rings is 1. The number of nitrogens with two attached hydrogens (primary N) is 1. The number of oxazole rings is 1. The van der Waals surface area contributed by atoms with Crippen molar-refractivity contribution in [3.63, 3.8) is 0 Å². The first-order valence-electron chi connectivity index (χ1n) is 5.28. The highest BCUT2D eigenvalue weighted by Gasteiger charge is 2.09. The van der Waals surface area contributed by atoms with E-state index in [2.05, 4.69) is 9.97 Å². The van der Waals surface area contributed by atoms with E-state index in [1.807, 2.05) is 25.1 Å². The van der Waals surface area contributed by atoms with Gasteiger partial charge in [0.25, 0.3) is 0 Å². The number of hydrogen-bond acceptors (Lipinski definition) is 5. The third-order valence-corrected chi connectivity index (χ3v) is 3.89. The Labute approximate surface area is 102 Å². The Bertz CT molecular complexity index is 671. The number of thiazole rings is 1. The second-order valence-corrected chi connectivity index (χ2v) is 4.85. The van der Waals surface area contributed by atoms with Crippen LogP contribution in [0.1, 0.15) is 10.6 Å². The molecule has 0 aliphatic heterocycles. The van der Waals surface area contributed by atoms with Gasteiger partial charge >= 0.3 is 0 Å². The second kappa shape index (κ2) is 3.94. The van der Waals surface area contributed by atoms with Gasteiger partial charge in [0, 0.05) is 17.0 Å². The van der Waals surface area contributed by atoms with Crippen molar-refractivity contribution in [2.75, 3.05) is 0 Å². The molecular formula is C12H11N3OS. The fraction of sp³-hybridized carbons (Fsp3) is 0.167. The standard InChI is InChI=1S/C12H11N3OS/c1-7-11(5-13)17-12(15-7)8-2-3-9-10(4-8)16-6-14-9/h2-4,6H,5,13H2,1H3. The maximum absolute atomic E-state index is 5.66. The number of aryl methyl sites for hydroxylation is 1. The molecule has 0 aliphatic carbocycles. The molecule has 0 spiro atoms. The largest absolute Gasteiger partial charge is 0.443 e. The maximum atomic E-state index is 5.66. The van der Waals surface area contributed by atoms with Crippen LogP contribution in [0.15, 0.2) is 29.0 Å². The Morgan fingerprint density at radius 3 is 3.06 bits per heavy atom. The summed E-state index contributed by atoms with van der Waals surface area (Å²) < 4.78 is 5.28. The number of hydrogen-bond donors (Lipinski definition) is 1. The molecule has 2 aromatic heterocycles. The minimum Gasteiger partial charge on any atom is -0.443 e. The molecule has 86 valence electrons. The highest BCUT2D eigenvalue weighted by molar-refractivity contribution is 7.15. The molecule has 0 unspecified atom stereocenters. The molecule has 3 aromatic rings. The lowest BCUT2D eigenvalue weighted by Gasteiger charge is -1.94. The molecule has 0 amide bonds. The van der Waals surface area contributed by atoms with Crippen molar-refractivity contribution in [1.29, 1.82) is 0 Å². The van der Waals surface area contributed by atoms with E-state index >= 15 is 0 Å². The van der Waals surface area contributed by atoms with Crippen LogP contribution in [0.3, 0.4) is 0 Å². The van der Waals surface area contributed by atoms with Gasteiger partial charge in [-0.25, -0.2) is 9.97 Å². The minimum atomic E-state index is 0.536. The molecule has 5 heteroatoms. The molecule has 3 rings (SSSR count). The summed E-state index contributed by atoms with van der Waals surface area (Å²) in [5.74, 6) is 0. The molecule has 0 aliphatic rings. The molecule has 0 saturated heterocycles. The Morgan fingerprint density at radius 2 is 2.29 bits per heavy atom. The zero-order valence-electron chi connectivity index (χ0n) is 9.30. The van der Waals surface area contributed by atoms with Gasteiger partial charge in [0.05, 0.1) is 5.69 Å². The quantitative estimate of drug-likeness (QED) is 0.754. The van der Waals surface area contributed by atoms with Crippen molar-refractivity contribution in [2.24, 2.45) is 5.73 Å². The molecule has 0 radical (unpaired) electrons. The first-order valence-corrected chi connectivity index (χ1v) is 6.09. The zero-order valence-corrected chi connectivity index (χ0v) is 10.1. The van der Waals surface area contributed by atoms with Crippen LogP contribution < -0.4 is 5.73 Å². The summed E-state index contributed by atoms with van der Waals surface area (Å²) in [6.45, 7) is 2.52. The van der Waals surface area contributed by atoms with Gasteiger partial charge in [0.1, 0.15) is 10.5 Å². The molecule has 2 heterocycles. The van der Waals surface area contributed by atoms with Gasteiger partial charge in [-0.05, 0) is 25.1 Å². The predicted octanol–water partition coefficient (Wildman–Crippen LogP) is 2.72. The van der Waals surface area contributed by atoms with Crippen LogP contribution in [0.25, 0.3) is 21.7 Å². The van der Waals surface area contributed by atoms with Crippen LogP contribution in [-0.2, 0) is 6.54 Å². The average molecular weight is 245 g/mol. The lowest BCUT2D eigenvalue weighted by molar-refractivity contribution is 0.602. The van der Waals surface area contributed by atoms with Gasteiger partial charge in [-0.3, -0.25) is 0 Å². The number of rotatable bonds is 2. The minimum absolute atomic E-state index is 0.536. The fourth-order valence-electron chi connectivity index (χ4n) is 1.73. The third kappa shape index (κ3) is 1.73. The zero-order chi connectivity index (χ0) is 11.8. The van der Waals surface area contributed by atoms with E-state index in [1.165, 1.54) is 6.39 Å². The number of aromatic nitrogens is 2. The van der Waals surface area contributed by atoms with E-state index in [-0.39, 0.29) is 0 Å². The summed E-state index contributed by atoms with van der Waals surface area (Å²) in [5, 5.41) is 0.973. The lowest BCUT2D eigenvalue weighted by atomic mass is 10.2. The van der Waals surface area contributed by atoms with Crippen molar-refractivity contribution in [1.82, 2.24) is 9.97 Å². The van der Waals surface area contributed by atoms with E-state index in [1.54, 1.807) is 11.3 Å². The van der Waals surface area contributed by atoms with Crippen LogP contribution >= 0.6 is 11.3 Å². The first kappa shape index (κ1) is 10.4. The van der Waals surface area contributed by atoms with Crippen molar-refractivity contribution in [2.45, 2.75) is 13.5 Å². The molecule has 2 N–H and O–H groups in total. The Morgan fingerprint density at radius 1 is 1.41 bits per heavy atom. The van der Waals surface area contributed by atoms with Gasteiger partial charge in [-0.2, -0.15) is 0 Å². The average Bonchev–Trinajstić information content (AvgIpc) is 2.93. The molecule has 0 atom stereocenters. The highest BCUT2D eigenvalue weighted by Crippen LogP contribution is 2.29. The third-order valence-electron chi connectivity index (χ3n) is 2.66. The second-order valence-electron chi connectivity index (χ2n) is 3.77. The summed E-state index contributed by atoms with van der Waals surface area (Å²) in [6, 6.07) is 5.90. The molecule has 0 saturated carbocycles. The van der Waals surface area contributed by atoms with Crippen molar-refractivity contribution in [3.05, 3.63) is 35.2 Å². The van der Waals surface area contributed by atoms with Gasteiger partial charge < -0.3 is 10.2 Å². The van der Waals surface area contributed by atoms with Crippen LogP contribution in [0, 0.1) is 6.92 Å². The lowest BCUT2D eigenvalue weighted by Crippen LogP contribution is -1.94. The Balaban J connectivity index is 2.12. The Hall–Kier alpha value is -1.72. The molecule has 17 heavy (non-hydrogen) atoms. The van der Waals surface area contributed by atoms with E-state index in [0.29, 0.717) is 6.54 Å². The van der Waals surface area contributed by atoms with Crippen LogP contribution in [0.4, 0.5) is 0 Å². The monoisotopic (exact) mass is 245 g/mol. The van der Waals surface area contributed by atoms with Crippen LogP contribution in [0.5, 0.6) is 0 Å². The van der Waals surface area contributed by atoms with Crippen LogP contribution in [0.2, 0.25) is 0 Å². The van der Waals surface area contributed by atoms with E-state index in [9.17, 15) is 0 Å². The molecule has 1 aromatic carbocycles. The van der Waals surface area contributed by atoms with Crippen molar-refractivity contribution in [3.8, 4) is 10.6 Å². The Kier molecular flexibility index (Phi) is 2.42. The van der Waals surface area contributed by atoms with Crippen molar-refractivity contribution >= 4 is 22.4 Å². The molecule has 4 nitrogen and oxygen atoms in total. The van der Waals surface area contributed by atoms with Crippen LogP contribution in [-0.4, -0.2) is 9.97 Å². The van der Waals surface area contributed by atoms with E-state index < -0.39 is 0 Å². The predicted molar refractivity (Wildman–Crippen MR) is 67.7 cm³/mol. The van der Waals surface area contributed by atoms with Gasteiger partial charge in [-0.1, -0.05) is 0 Å². The van der Waals surface area contributed by atoms with E-state index in [4.69, 9.17) is 10.2 Å². The summed E-state index contributed by atoms with van der Waals surface area (Å²) in [7, 11) is 0. The summed E-state index contributed by atoms with van der Waals surface area (Å²) >= 11 is 1.63. The molecule has 0 fully saturated rings. The molecular weight excluding hydrogens is 234 g/mol.